The number of rotatable bonds is 10. The van der Waals surface area contributed by atoms with Crippen molar-refractivity contribution < 1.29 is 36.6 Å². The highest BCUT2D eigenvalue weighted by atomic mass is 19.4. The van der Waals surface area contributed by atoms with Crippen LogP contribution in [0.4, 0.5) is 13.2 Å². The van der Waals surface area contributed by atoms with Crippen molar-refractivity contribution >= 4 is 5.97 Å². The summed E-state index contributed by atoms with van der Waals surface area (Å²) in [6.07, 6.45) is -4.76. The summed E-state index contributed by atoms with van der Waals surface area (Å²) in [5, 5.41) is 0. The molecule has 9 heteroatoms. The van der Waals surface area contributed by atoms with E-state index in [2.05, 4.69) is 4.98 Å². The van der Waals surface area contributed by atoms with Gasteiger partial charge in [0, 0.05) is 18.6 Å². The molecule has 2 aromatic carbocycles. The van der Waals surface area contributed by atoms with E-state index in [0.29, 0.717) is 30.2 Å². The lowest BCUT2D eigenvalue weighted by Gasteiger charge is -2.17. The molecule has 6 nitrogen and oxygen atoms in total. The lowest BCUT2D eigenvalue weighted by atomic mass is 10.0. The highest BCUT2D eigenvalue weighted by Gasteiger charge is 2.31. The maximum atomic E-state index is 13.0. The zero-order chi connectivity index (χ0) is 25.6. The third-order valence-corrected chi connectivity index (χ3v) is 5.34. The fourth-order valence-electron chi connectivity index (χ4n) is 3.50. The van der Waals surface area contributed by atoms with Crippen LogP contribution in [0.25, 0.3) is 11.5 Å². The number of halogens is 3. The highest BCUT2D eigenvalue weighted by Crippen LogP contribution is 2.32. The van der Waals surface area contributed by atoms with Gasteiger partial charge in [0.05, 0.1) is 12.2 Å². The molecule has 0 aliphatic rings. The zero-order valence-electron chi connectivity index (χ0n) is 20.1. The summed E-state index contributed by atoms with van der Waals surface area (Å²) >= 11 is 0. The predicted molar refractivity (Wildman–Crippen MR) is 123 cm³/mol. The average molecular weight is 492 g/mol. The first-order valence-corrected chi connectivity index (χ1v) is 11.3. The van der Waals surface area contributed by atoms with Crippen LogP contribution in [0, 0.1) is 13.8 Å². The quantitative estimate of drug-likeness (QED) is 0.321. The number of hydrogen-bond acceptors (Lipinski definition) is 6. The second-order valence-electron chi connectivity index (χ2n) is 7.88. The van der Waals surface area contributed by atoms with E-state index in [1.807, 2.05) is 26.0 Å². The van der Waals surface area contributed by atoms with Gasteiger partial charge in [-0.1, -0.05) is 12.1 Å². The van der Waals surface area contributed by atoms with Crippen LogP contribution in [0.2, 0.25) is 0 Å². The number of aromatic nitrogens is 1. The number of aryl methyl sites for hydroxylation is 2. The van der Waals surface area contributed by atoms with Crippen LogP contribution < -0.4 is 4.74 Å². The molecule has 1 aromatic heterocycles. The Hall–Kier alpha value is -3.33. The standard InChI is InChI=1S/C26H28F3NO5/c1-5-32-23(25(31)33-6-2)14-18-10-11-21(12-16(18)3)34-15-22-17(4)35-24(30-22)19-8-7-9-20(13-19)26(27,28)29/h7-13,23H,5-6,14-15H2,1-4H3. The molecule has 0 spiro atoms. The molecule has 0 N–H and O–H groups in total. The van der Waals surface area contributed by atoms with Gasteiger partial charge in [-0.3, -0.25) is 0 Å². The van der Waals surface area contributed by atoms with E-state index in [1.54, 1.807) is 19.9 Å². The van der Waals surface area contributed by atoms with Gasteiger partial charge in [-0.25, -0.2) is 9.78 Å². The SMILES string of the molecule is CCOC(=O)C(Cc1ccc(OCc2nc(-c3cccc(C(F)(F)F)c3)oc2C)cc1C)OCC. The van der Waals surface area contributed by atoms with E-state index in [0.717, 1.165) is 23.3 Å². The van der Waals surface area contributed by atoms with Gasteiger partial charge in [0.25, 0.3) is 0 Å². The fraction of sp³-hybridized carbons (Fsp3) is 0.385. The topological polar surface area (TPSA) is 70.8 Å². The second kappa shape index (κ2) is 11.4. The average Bonchev–Trinajstić information content (AvgIpc) is 3.19. The lowest BCUT2D eigenvalue weighted by molar-refractivity contribution is -0.156. The number of alkyl halides is 3. The summed E-state index contributed by atoms with van der Waals surface area (Å²) in [4.78, 5) is 16.5. The van der Waals surface area contributed by atoms with E-state index < -0.39 is 23.8 Å². The molecular formula is C26H28F3NO5. The number of benzene rings is 2. The van der Waals surface area contributed by atoms with Gasteiger partial charge in [0.1, 0.15) is 23.8 Å². The zero-order valence-corrected chi connectivity index (χ0v) is 20.1. The highest BCUT2D eigenvalue weighted by molar-refractivity contribution is 5.75. The van der Waals surface area contributed by atoms with Crippen LogP contribution in [-0.2, 0) is 33.5 Å². The molecule has 0 bridgehead atoms. The predicted octanol–water partition coefficient (Wildman–Crippen LogP) is 6.07. The van der Waals surface area contributed by atoms with Gasteiger partial charge >= 0.3 is 12.1 Å². The van der Waals surface area contributed by atoms with Crippen molar-refractivity contribution in [2.75, 3.05) is 13.2 Å². The van der Waals surface area contributed by atoms with Crippen molar-refractivity contribution in [3.63, 3.8) is 0 Å². The largest absolute Gasteiger partial charge is 0.487 e. The van der Waals surface area contributed by atoms with Crippen molar-refractivity contribution in [1.82, 2.24) is 4.98 Å². The molecule has 1 heterocycles. The van der Waals surface area contributed by atoms with E-state index in [1.165, 1.54) is 12.1 Å². The molecular weight excluding hydrogens is 463 g/mol. The van der Waals surface area contributed by atoms with E-state index in [4.69, 9.17) is 18.6 Å². The van der Waals surface area contributed by atoms with Crippen LogP contribution in [0.3, 0.4) is 0 Å². The summed E-state index contributed by atoms with van der Waals surface area (Å²) in [6, 6.07) is 10.3. The van der Waals surface area contributed by atoms with Gasteiger partial charge in [0.15, 0.2) is 6.10 Å². The summed E-state index contributed by atoms with van der Waals surface area (Å²) in [5.74, 6) is 0.741. The van der Waals surface area contributed by atoms with Crippen LogP contribution in [0.15, 0.2) is 46.9 Å². The lowest BCUT2D eigenvalue weighted by Crippen LogP contribution is -2.29. The summed E-state index contributed by atoms with van der Waals surface area (Å²) in [6.45, 7) is 7.91. The maximum absolute atomic E-state index is 13.0. The molecule has 1 unspecified atom stereocenters. The molecule has 188 valence electrons. The first kappa shape index (κ1) is 26.3. The molecule has 0 amide bonds. The molecule has 1 atom stereocenters. The minimum absolute atomic E-state index is 0.0808. The van der Waals surface area contributed by atoms with E-state index >= 15 is 0 Å². The van der Waals surface area contributed by atoms with Crippen molar-refractivity contribution in [3.05, 3.63) is 70.6 Å². The van der Waals surface area contributed by atoms with Gasteiger partial charge < -0.3 is 18.6 Å². The molecule has 0 saturated carbocycles. The van der Waals surface area contributed by atoms with Crippen LogP contribution in [-0.4, -0.2) is 30.3 Å². The molecule has 3 rings (SSSR count). The molecule has 35 heavy (non-hydrogen) atoms. The Kier molecular flexibility index (Phi) is 8.56. The molecule has 0 aliphatic heterocycles. The number of ether oxygens (including phenoxy) is 3. The van der Waals surface area contributed by atoms with Crippen molar-refractivity contribution in [1.29, 1.82) is 0 Å². The van der Waals surface area contributed by atoms with Gasteiger partial charge in [-0.2, -0.15) is 13.2 Å². The Bertz CT molecular complexity index is 1160. The smallest absolute Gasteiger partial charge is 0.416 e. The number of esters is 1. The molecule has 0 fully saturated rings. The van der Waals surface area contributed by atoms with Crippen molar-refractivity contribution in [2.45, 2.75) is 53.0 Å². The summed E-state index contributed by atoms with van der Waals surface area (Å²) in [7, 11) is 0. The third-order valence-electron chi connectivity index (χ3n) is 5.34. The number of nitrogens with zero attached hydrogens (tertiary/aromatic N) is 1. The Morgan fingerprint density at radius 2 is 1.86 bits per heavy atom. The monoisotopic (exact) mass is 491 g/mol. The second-order valence-corrected chi connectivity index (χ2v) is 7.88. The molecule has 0 radical (unpaired) electrons. The number of carbonyl (C=O) groups is 1. The minimum Gasteiger partial charge on any atom is -0.487 e. The first-order chi connectivity index (χ1) is 16.6. The molecule has 0 saturated heterocycles. The first-order valence-electron chi connectivity index (χ1n) is 11.3. The summed E-state index contributed by atoms with van der Waals surface area (Å²) < 4.78 is 61.1. The number of hydrogen-bond donors (Lipinski definition) is 0. The summed E-state index contributed by atoms with van der Waals surface area (Å²) in [5.41, 5.74) is 1.79. The number of carbonyl (C=O) groups excluding carboxylic acids is 1. The van der Waals surface area contributed by atoms with Gasteiger partial charge in [-0.05, 0) is 69.2 Å². The third kappa shape index (κ3) is 6.85. The maximum Gasteiger partial charge on any atom is 0.416 e. The van der Waals surface area contributed by atoms with Crippen LogP contribution in [0.1, 0.15) is 42.0 Å². The Labute approximate surface area is 202 Å². The Morgan fingerprint density at radius 1 is 1.09 bits per heavy atom. The Morgan fingerprint density at radius 3 is 2.51 bits per heavy atom. The molecule has 3 aromatic rings. The van der Waals surface area contributed by atoms with Gasteiger partial charge in [-0.15, -0.1) is 0 Å². The normalized spacial score (nSPS) is 12.4. The number of oxazole rings is 1. The Balaban J connectivity index is 1.69. The van der Waals surface area contributed by atoms with E-state index in [9.17, 15) is 18.0 Å². The van der Waals surface area contributed by atoms with Crippen LogP contribution >= 0.6 is 0 Å². The van der Waals surface area contributed by atoms with Crippen molar-refractivity contribution in [2.24, 2.45) is 0 Å². The fourth-order valence-corrected chi connectivity index (χ4v) is 3.50. The molecule has 0 aliphatic carbocycles. The van der Waals surface area contributed by atoms with Crippen molar-refractivity contribution in [3.8, 4) is 17.2 Å². The van der Waals surface area contributed by atoms with E-state index in [-0.39, 0.29) is 24.7 Å². The minimum atomic E-state index is -4.45. The van der Waals surface area contributed by atoms with Gasteiger partial charge in [0.2, 0.25) is 5.89 Å². The van der Waals surface area contributed by atoms with Crippen LogP contribution in [0.5, 0.6) is 5.75 Å².